The Morgan fingerprint density at radius 3 is 2.82 bits per heavy atom. The Kier molecular flexibility index (Phi) is 4.15. The fraction of sp³-hybridized carbons (Fsp3) is 0.462. The summed E-state index contributed by atoms with van der Waals surface area (Å²) in [6.45, 7) is 0. The molecule has 0 saturated heterocycles. The van der Waals surface area contributed by atoms with Gasteiger partial charge in [0.15, 0.2) is 0 Å². The van der Waals surface area contributed by atoms with Crippen LogP contribution in [0.15, 0.2) is 22.7 Å². The topological polar surface area (TPSA) is 29.1 Å². The van der Waals surface area contributed by atoms with Crippen LogP contribution in [0.1, 0.15) is 32.1 Å². The molecule has 1 fully saturated rings. The first-order valence-electron chi connectivity index (χ1n) is 5.90. The van der Waals surface area contributed by atoms with Crippen molar-refractivity contribution in [1.29, 1.82) is 0 Å². The molecule has 0 radical (unpaired) electrons. The molecule has 1 amide bonds. The highest BCUT2D eigenvalue weighted by Crippen LogP contribution is 2.29. The molecule has 0 aromatic heterocycles. The summed E-state index contributed by atoms with van der Waals surface area (Å²) in [5.41, 5.74) is 0.507. The number of carbonyl (C=O) groups excluding carboxylic acids is 1. The first-order valence-corrected chi connectivity index (χ1v) is 6.69. The average Bonchev–Trinajstić information content (AvgIpc) is 2.76. The molecule has 2 rings (SSSR count). The number of benzene rings is 1. The molecule has 17 heavy (non-hydrogen) atoms. The van der Waals surface area contributed by atoms with Crippen molar-refractivity contribution in [2.75, 3.05) is 5.32 Å². The van der Waals surface area contributed by atoms with Gasteiger partial charge in [-0.25, -0.2) is 4.39 Å². The summed E-state index contributed by atoms with van der Waals surface area (Å²) in [5.74, 6) is 0.134. The third kappa shape index (κ3) is 3.53. The number of anilines is 1. The number of hydrogen-bond donors (Lipinski definition) is 1. The number of amides is 1. The van der Waals surface area contributed by atoms with E-state index in [-0.39, 0.29) is 11.7 Å². The van der Waals surface area contributed by atoms with Gasteiger partial charge in [0.05, 0.1) is 5.69 Å². The molecule has 1 aliphatic carbocycles. The van der Waals surface area contributed by atoms with Gasteiger partial charge in [-0.2, -0.15) is 0 Å². The van der Waals surface area contributed by atoms with Crippen LogP contribution in [0.5, 0.6) is 0 Å². The van der Waals surface area contributed by atoms with E-state index in [0.717, 1.165) is 12.8 Å². The number of rotatable bonds is 3. The van der Waals surface area contributed by atoms with E-state index in [2.05, 4.69) is 21.2 Å². The second kappa shape index (κ2) is 5.63. The van der Waals surface area contributed by atoms with Crippen LogP contribution >= 0.6 is 15.9 Å². The van der Waals surface area contributed by atoms with E-state index in [1.54, 1.807) is 6.07 Å². The van der Waals surface area contributed by atoms with Gasteiger partial charge < -0.3 is 5.32 Å². The van der Waals surface area contributed by atoms with E-state index in [0.29, 0.717) is 22.5 Å². The van der Waals surface area contributed by atoms with Gasteiger partial charge in [0.25, 0.3) is 0 Å². The van der Waals surface area contributed by atoms with E-state index >= 15 is 0 Å². The van der Waals surface area contributed by atoms with Crippen molar-refractivity contribution in [3.8, 4) is 0 Å². The average molecular weight is 300 g/mol. The van der Waals surface area contributed by atoms with Crippen LogP contribution in [0.2, 0.25) is 0 Å². The van der Waals surface area contributed by atoms with E-state index in [1.165, 1.54) is 25.0 Å². The molecule has 1 saturated carbocycles. The lowest BCUT2D eigenvalue weighted by atomic mass is 10.0. The van der Waals surface area contributed by atoms with Crippen molar-refractivity contribution in [2.45, 2.75) is 32.1 Å². The van der Waals surface area contributed by atoms with Gasteiger partial charge in [-0.3, -0.25) is 4.79 Å². The molecule has 1 N–H and O–H groups in total. The molecule has 0 aliphatic heterocycles. The molecular formula is C13H15BrFNO. The van der Waals surface area contributed by atoms with Crippen LogP contribution in [0.25, 0.3) is 0 Å². The Morgan fingerprint density at radius 2 is 2.12 bits per heavy atom. The minimum atomic E-state index is -0.343. The minimum absolute atomic E-state index is 0.0248. The molecule has 0 spiro atoms. The van der Waals surface area contributed by atoms with Crippen LogP contribution < -0.4 is 5.32 Å². The molecular weight excluding hydrogens is 285 g/mol. The summed E-state index contributed by atoms with van der Waals surface area (Å²) in [4.78, 5) is 11.8. The quantitative estimate of drug-likeness (QED) is 0.894. The maximum absolute atomic E-state index is 13.0. The van der Waals surface area contributed by atoms with Crippen molar-refractivity contribution in [3.63, 3.8) is 0 Å². The molecule has 1 aromatic carbocycles. The Bertz CT molecular complexity index is 416. The third-order valence-electron chi connectivity index (χ3n) is 3.15. The summed E-state index contributed by atoms with van der Waals surface area (Å²) in [5, 5.41) is 2.75. The Labute approximate surface area is 109 Å². The van der Waals surface area contributed by atoms with Crippen molar-refractivity contribution >= 4 is 27.5 Å². The first-order chi connectivity index (χ1) is 8.15. The number of halogens is 2. The summed E-state index contributed by atoms with van der Waals surface area (Å²) in [6, 6.07) is 4.29. The zero-order valence-corrected chi connectivity index (χ0v) is 11.1. The van der Waals surface area contributed by atoms with E-state index in [1.807, 2.05) is 0 Å². The van der Waals surface area contributed by atoms with Crippen LogP contribution in [-0.4, -0.2) is 5.91 Å². The number of hydrogen-bond acceptors (Lipinski definition) is 1. The smallest absolute Gasteiger partial charge is 0.224 e. The fourth-order valence-corrected chi connectivity index (χ4v) is 2.62. The lowest BCUT2D eigenvalue weighted by Gasteiger charge is -2.10. The molecule has 2 nitrogen and oxygen atoms in total. The van der Waals surface area contributed by atoms with Crippen LogP contribution in [-0.2, 0) is 4.79 Å². The normalized spacial score (nSPS) is 16.1. The first kappa shape index (κ1) is 12.6. The lowest BCUT2D eigenvalue weighted by molar-refractivity contribution is -0.117. The van der Waals surface area contributed by atoms with Gasteiger partial charge in [0.2, 0.25) is 5.91 Å². The highest BCUT2D eigenvalue weighted by molar-refractivity contribution is 9.10. The second-order valence-corrected chi connectivity index (χ2v) is 5.38. The molecule has 1 aromatic rings. The summed E-state index contributed by atoms with van der Waals surface area (Å²) < 4.78 is 13.7. The Balaban J connectivity index is 1.95. The predicted octanol–water partition coefficient (Wildman–Crippen LogP) is 4.11. The van der Waals surface area contributed by atoms with E-state index in [9.17, 15) is 9.18 Å². The van der Waals surface area contributed by atoms with Gasteiger partial charge in [-0.05, 0) is 52.9 Å². The minimum Gasteiger partial charge on any atom is -0.325 e. The van der Waals surface area contributed by atoms with Crippen molar-refractivity contribution < 1.29 is 9.18 Å². The SMILES string of the molecule is O=C(CC1CCCC1)Nc1cc(F)ccc1Br. The number of carbonyl (C=O) groups is 1. The van der Waals surface area contributed by atoms with Crippen molar-refractivity contribution in [2.24, 2.45) is 5.92 Å². The fourth-order valence-electron chi connectivity index (χ4n) is 2.27. The van der Waals surface area contributed by atoms with Gasteiger partial charge >= 0.3 is 0 Å². The van der Waals surface area contributed by atoms with Crippen molar-refractivity contribution in [1.82, 2.24) is 0 Å². The largest absolute Gasteiger partial charge is 0.325 e. The van der Waals surface area contributed by atoms with Crippen LogP contribution in [0.3, 0.4) is 0 Å². The Morgan fingerprint density at radius 1 is 1.41 bits per heavy atom. The summed E-state index contributed by atoms with van der Waals surface area (Å²) in [6.07, 6.45) is 5.27. The summed E-state index contributed by atoms with van der Waals surface area (Å²) >= 11 is 3.29. The molecule has 4 heteroatoms. The molecule has 0 unspecified atom stereocenters. The molecule has 0 atom stereocenters. The maximum atomic E-state index is 13.0. The summed E-state index contributed by atoms with van der Waals surface area (Å²) in [7, 11) is 0. The standard InChI is InChI=1S/C13H15BrFNO/c14-11-6-5-10(15)8-12(11)16-13(17)7-9-3-1-2-4-9/h5-6,8-9H,1-4,7H2,(H,16,17). The second-order valence-electron chi connectivity index (χ2n) is 4.53. The highest BCUT2D eigenvalue weighted by atomic mass is 79.9. The van der Waals surface area contributed by atoms with Gasteiger partial charge in [0.1, 0.15) is 5.82 Å². The molecule has 92 valence electrons. The maximum Gasteiger partial charge on any atom is 0.224 e. The van der Waals surface area contributed by atoms with Crippen LogP contribution in [0.4, 0.5) is 10.1 Å². The third-order valence-corrected chi connectivity index (χ3v) is 3.84. The van der Waals surface area contributed by atoms with Gasteiger partial charge in [-0.15, -0.1) is 0 Å². The Hall–Kier alpha value is -0.900. The van der Waals surface area contributed by atoms with E-state index in [4.69, 9.17) is 0 Å². The molecule has 1 aliphatic rings. The highest BCUT2D eigenvalue weighted by Gasteiger charge is 2.18. The zero-order chi connectivity index (χ0) is 12.3. The van der Waals surface area contributed by atoms with Crippen molar-refractivity contribution in [3.05, 3.63) is 28.5 Å². The molecule has 0 bridgehead atoms. The lowest BCUT2D eigenvalue weighted by Crippen LogP contribution is -2.15. The number of nitrogens with one attached hydrogen (secondary N) is 1. The van der Waals surface area contributed by atoms with E-state index < -0.39 is 0 Å². The molecule has 0 heterocycles. The van der Waals surface area contributed by atoms with Gasteiger partial charge in [-0.1, -0.05) is 12.8 Å². The van der Waals surface area contributed by atoms with Crippen LogP contribution in [0, 0.1) is 11.7 Å². The van der Waals surface area contributed by atoms with Gasteiger partial charge in [0, 0.05) is 10.9 Å². The zero-order valence-electron chi connectivity index (χ0n) is 9.51. The monoisotopic (exact) mass is 299 g/mol. The predicted molar refractivity (Wildman–Crippen MR) is 69.3 cm³/mol.